The van der Waals surface area contributed by atoms with Crippen LogP contribution in [0.2, 0.25) is 0 Å². The predicted octanol–water partition coefficient (Wildman–Crippen LogP) is 1.30. The van der Waals surface area contributed by atoms with Crippen molar-refractivity contribution in [2.24, 2.45) is 0 Å². The Morgan fingerprint density at radius 3 is 2.71 bits per heavy atom. The van der Waals surface area contributed by atoms with E-state index in [4.69, 9.17) is 4.74 Å². The quantitative estimate of drug-likeness (QED) is 0.680. The zero-order chi connectivity index (χ0) is 10.4. The summed E-state index contributed by atoms with van der Waals surface area (Å²) in [5.41, 5.74) is 0. The molecule has 1 aliphatic heterocycles. The highest BCUT2D eigenvalue weighted by Crippen LogP contribution is 2.17. The van der Waals surface area contributed by atoms with Crippen LogP contribution < -0.4 is 5.32 Å². The minimum absolute atomic E-state index is 0.217. The third kappa shape index (κ3) is 3.56. The molecular formula is C11H23NO2. The smallest absolute Gasteiger partial charge is 0.0728 e. The Labute approximate surface area is 86.8 Å². The summed E-state index contributed by atoms with van der Waals surface area (Å²) in [4.78, 5) is 0. The molecule has 0 unspecified atom stereocenters. The summed E-state index contributed by atoms with van der Waals surface area (Å²) in [7, 11) is 0. The van der Waals surface area contributed by atoms with Crippen molar-refractivity contribution >= 4 is 0 Å². The van der Waals surface area contributed by atoms with Gasteiger partial charge in [0, 0.05) is 19.2 Å². The second-order valence-corrected chi connectivity index (χ2v) is 4.04. The number of rotatable bonds is 6. The molecule has 0 amide bonds. The lowest BCUT2D eigenvalue weighted by atomic mass is 10.1. The molecule has 1 rings (SSSR count). The summed E-state index contributed by atoms with van der Waals surface area (Å²) >= 11 is 0. The Balaban J connectivity index is 2.23. The van der Waals surface area contributed by atoms with Gasteiger partial charge in [0.1, 0.15) is 0 Å². The van der Waals surface area contributed by atoms with E-state index in [1.54, 1.807) is 0 Å². The largest absolute Gasteiger partial charge is 0.392 e. The highest BCUT2D eigenvalue weighted by Gasteiger charge is 2.24. The van der Waals surface area contributed by atoms with Crippen LogP contribution in [0.5, 0.6) is 0 Å². The van der Waals surface area contributed by atoms with Crippen molar-refractivity contribution in [3.63, 3.8) is 0 Å². The van der Waals surface area contributed by atoms with E-state index in [0.29, 0.717) is 18.7 Å². The molecule has 3 atom stereocenters. The SMILES string of the molecule is CC[C@@H](O)CN[C@H](CC)[C@H]1CCCO1. The summed E-state index contributed by atoms with van der Waals surface area (Å²) in [5, 5.41) is 12.8. The van der Waals surface area contributed by atoms with E-state index in [-0.39, 0.29) is 6.10 Å². The Hall–Kier alpha value is -0.120. The van der Waals surface area contributed by atoms with Crippen molar-refractivity contribution < 1.29 is 9.84 Å². The van der Waals surface area contributed by atoms with Crippen LogP contribution in [0.15, 0.2) is 0 Å². The fourth-order valence-electron chi connectivity index (χ4n) is 1.89. The average Bonchev–Trinajstić information content (AvgIpc) is 2.72. The molecule has 0 aromatic rings. The van der Waals surface area contributed by atoms with Crippen molar-refractivity contribution in [1.29, 1.82) is 0 Å². The van der Waals surface area contributed by atoms with Crippen molar-refractivity contribution in [2.75, 3.05) is 13.2 Å². The summed E-state index contributed by atoms with van der Waals surface area (Å²) < 4.78 is 5.63. The molecular weight excluding hydrogens is 178 g/mol. The van der Waals surface area contributed by atoms with Gasteiger partial charge in [-0.25, -0.2) is 0 Å². The molecule has 0 saturated carbocycles. The summed E-state index contributed by atoms with van der Waals surface area (Å²) in [6, 6.07) is 0.415. The molecule has 2 N–H and O–H groups in total. The van der Waals surface area contributed by atoms with Crippen LogP contribution in [0.3, 0.4) is 0 Å². The first-order valence-corrected chi connectivity index (χ1v) is 5.81. The molecule has 0 aromatic heterocycles. The third-order valence-electron chi connectivity index (χ3n) is 2.94. The van der Waals surface area contributed by atoms with Gasteiger partial charge < -0.3 is 15.2 Å². The second kappa shape index (κ2) is 6.38. The van der Waals surface area contributed by atoms with Crippen molar-refractivity contribution in [3.05, 3.63) is 0 Å². The standard InChI is InChI=1S/C11H23NO2/c1-3-9(13)8-12-10(4-2)11-6-5-7-14-11/h9-13H,3-8H2,1-2H3/t9-,10-,11-/m1/s1. The third-order valence-corrected chi connectivity index (χ3v) is 2.94. The Bertz CT molecular complexity index is 146. The zero-order valence-corrected chi connectivity index (χ0v) is 9.33. The molecule has 3 nitrogen and oxygen atoms in total. The number of hydrogen-bond acceptors (Lipinski definition) is 3. The molecule has 84 valence electrons. The van der Waals surface area contributed by atoms with Crippen LogP contribution >= 0.6 is 0 Å². The lowest BCUT2D eigenvalue weighted by molar-refractivity contribution is 0.0695. The molecule has 1 aliphatic rings. The Morgan fingerprint density at radius 1 is 1.43 bits per heavy atom. The molecule has 0 bridgehead atoms. The van der Waals surface area contributed by atoms with Crippen LogP contribution in [-0.4, -0.2) is 36.5 Å². The summed E-state index contributed by atoms with van der Waals surface area (Å²) in [5.74, 6) is 0. The van der Waals surface area contributed by atoms with Gasteiger partial charge in [-0.3, -0.25) is 0 Å². The number of nitrogens with one attached hydrogen (secondary N) is 1. The van der Waals surface area contributed by atoms with E-state index < -0.39 is 0 Å². The molecule has 0 spiro atoms. The van der Waals surface area contributed by atoms with Crippen molar-refractivity contribution in [2.45, 2.75) is 57.8 Å². The van der Waals surface area contributed by atoms with Gasteiger partial charge in [-0.05, 0) is 25.7 Å². The number of ether oxygens (including phenoxy) is 1. The van der Waals surface area contributed by atoms with E-state index >= 15 is 0 Å². The Kier molecular flexibility index (Phi) is 5.45. The van der Waals surface area contributed by atoms with E-state index in [1.807, 2.05) is 6.92 Å². The number of aliphatic hydroxyl groups excluding tert-OH is 1. The van der Waals surface area contributed by atoms with Crippen LogP contribution in [0.25, 0.3) is 0 Å². The van der Waals surface area contributed by atoms with Crippen molar-refractivity contribution in [3.8, 4) is 0 Å². The molecule has 0 radical (unpaired) electrons. The van der Waals surface area contributed by atoms with Crippen LogP contribution in [0, 0.1) is 0 Å². The highest BCUT2D eigenvalue weighted by atomic mass is 16.5. The molecule has 1 fully saturated rings. The van der Waals surface area contributed by atoms with E-state index in [1.165, 1.54) is 6.42 Å². The van der Waals surface area contributed by atoms with Crippen LogP contribution in [0.4, 0.5) is 0 Å². The highest BCUT2D eigenvalue weighted by molar-refractivity contribution is 4.80. The Morgan fingerprint density at radius 2 is 2.21 bits per heavy atom. The maximum Gasteiger partial charge on any atom is 0.0728 e. The molecule has 0 aromatic carbocycles. The second-order valence-electron chi connectivity index (χ2n) is 4.04. The first-order valence-electron chi connectivity index (χ1n) is 5.81. The molecule has 1 heterocycles. The fourth-order valence-corrected chi connectivity index (χ4v) is 1.89. The van der Waals surface area contributed by atoms with Gasteiger partial charge in [0.25, 0.3) is 0 Å². The van der Waals surface area contributed by atoms with Gasteiger partial charge in [0.15, 0.2) is 0 Å². The monoisotopic (exact) mass is 201 g/mol. The predicted molar refractivity (Wildman–Crippen MR) is 57.4 cm³/mol. The fraction of sp³-hybridized carbons (Fsp3) is 1.00. The van der Waals surface area contributed by atoms with Crippen LogP contribution in [-0.2, 0) is 4.74 Å². The van der Waals surface area contributed by atoms with Gasteiger partial charge in [0.2, 0.25) is 0 Å². The average molecular weight is 201 g/mol. The van der Waals surface area contributed by atoms with Crippen molar-refractivity contribution in [1.82, 2.24) is 5.32 Å². The maximum atomic E-state index is 9.44. The van der Waals surface area contributed by atoms with Gasteiger partial charge in [-0.2, -0.15) is 0 Å². The van der Waals surface area contributed by atoms with E-state index in [9.17, 15) is 5.11 Å². The zero-order valence-electron chi connectivity index (χ0n) is 9.33. The van der Waals surface area contributed by atoms with Gasteiger partial charge in [-0.15, -0.1) is 0 Å². The lowest BCUT2D eigenvalue weighted by Crippen LogP contribution is -2.42. The van der Waals surface area contributed by atoms with Crippen LogP contribution in [0.1, 0.15) is 39.5 Å². The van der Waals surface area contributed by atoms with Gasteiger partial charge in [-0.1, -0.05) is 13.8 Å². The van der Waals surface area contributed by atoms with E-state index in [0.717, 1.165) is 25.9 Å². The minimum Gasteiger partial charge on any atom is -0.392 e. The lowest BCUT2D eigenvalue weighted by Gasteiger charge is -2.24. The molecule has 14 heavy (non-hydrogen) atoms. The first kappa shape index (κ1) is 12.0. The normalized spacial score (nSPS) is 26.4. The topological polar surface area (TPSA) is 41.5 Å². The van der Waals surface area contributed by atoms with Gasteiger partial charge >= 0.3 is 0 Å². The summed E-state index contributed by atoms with van der Waals surface area (Å²) in [6.45, 7) is 5.76. The number of aliphatic hydroxyl groups is 1. The minimum atomic E-state index is -0.217. The van der Waals surface area contributed by atoms with Gasteiger partial charge in [0.05, 0.1) is 12.2 Å². The van der Waals surface area contributed by atoms with E-state index in [2.05, 4.69) is 12.2 Å². The summed E-state index contributed by atoms with van der Waals surface area (Å²) in [6.07, 6.45) is 4.37. The molecule has 3 heteroatoms. The molecule has 1 saturated heterocycles. The molecule has 0 aliphatic carbocycles. The maximum absolute atomic E-state index is 9.44. The number of hydrogen-bond donors (Lipinski definition) is 2. The first-order chi connectivity index (χ1) is 6.77.